The lowest BCUT2D eigenvalue weighted by atomic mass is 10.2. The molecule has 0 atom stereocenters. The fourth-order valence-corrected chi connectivity index (χ4v) is 3.88. The van der Waals surface area contributed by atoms with Gasteiger partial charge in [0, 0.05) is 9.51 Å². The minimum absolute atomic E-state index is 0.235. The quantitative estimate of drug-likeness (QED) is 0.566. The molecule has 0 aromatic heterocycles. The lowest BCUT2D eigenvalue weighted by Crippen LogP contribution is -2.27. The highest BCUT2D eigenvalue weighted by Crippen LogP contribution is 2.33. The van der Waals surface area contributed by atoms with Gasteiger partial charge < -0.3 is 0 Å². The van der Waals surface area contributed by atoms with Gasteiger partial charge in [-0.05, 0) is 47.2 Å². The molecular weight excluding hydrogens is 422 g/mol. The van der Waals surface area contributed by atoms with Crippen LogP contribution in [0.1, 0.15) is 11.1 Å². The van der Waals surface area contributed by atoms with Crippen LogP contribution in [0.3, 0.4) is 0 Å². The third-order valence-corrected chi connectivity index (χ3v) is 5.12. The number of amides is 2. The Labute approximate surface area is 163 Å². The molecule has 0 radical (unpaired) electrons. The van der Waals surface area contributed by atoms with Gasteiger partial charge in [-0.1, -0.05) is 70.0 Å². The molecule has 2 amide bonds. The molecule has 0 spiro atoms. The first-order valence-electron chi connectivity index (χ1n) is 7.45. The third-order valence-electron chi connectivity index (χ3n) is 3.50. The molecule has 1 fully saturated rings. The summed E-state index contributed by atoms with van der Waals surface area (Å²) in [4.78, 5) is 26.3. The standard InChI is InChI=1S/C19H13BrClNO2S/c20-15(10-13-4-2-1-3-5-13)11-17-18(23)22(19(24)25-17)12-14-6-8-16(21)9-7-14/h1-11H,12H2/b15-10-,17-11-. The smallest absolute Gasteiger partial charge is 0.268 e. The van der Waals surface area contributed by atoms with Gasteiger partial charge in [0.1, 0.15) is 0 Å². The van der Waals surface area contributed by atoms with Crippen LogP contribution in [-0.4, -0.2) is 16.0 Å². The van der Waals surface area contributed by atoms with Crippen molar-refractivity contribution in [1.82, 2.24) is 4.90 Å². The first-order valence-corrected chi connectivity index (χ1v) is 9.44. The summed E-state index contributed by atoms with van der Waals surface area (Å²) >= 11 is 10.2. The van der Waals surface area contributed by atoms with Crippen LogP contribution in [0.5, 0.6) is 0 Å². The van der Waals surface area contributed by atoms with Gasteiger partial charge in [0.15, 0.2) is 0 Å². The summed E-state index contributed by atoms with van der Waals surface area (Å²) in [7, 11) is 0. The van der Waals surface area contributed by atoms with Crippen LogP contribution in [0.2, 0.25) is 5.02 Å². The maximum absolute atomic E-state index is 12.5. The van der Waals surface area contributed by atoms with Crippen molar-refractivity contribution in [1.29, 1.82) is 0 Å². The van der Waals surface area contributed by atoms with Gasteiger partial charge in [-0.3, -0.25) is 14.5 Å². The van der Waals surface area contributed by atoms with E-state index in [4.69, 9.17) is 11.6 Å². The number of halogens is 2. The number of allylic oxidation sites excluding steroid dienone is 2. The van der Waals surface area contributed by atoms with E-state index in [0.29, 0.717) is 9.93 Å². The molecule has 1 aliphatic heterocycles. The fraction of sp³-hybridized carbons (Fsp3) is 0.0526. The molecule has 0 unspecified atom stereocenters. The monoisotopic (exact) mass is 433 g/mol. The second-order valence-corrected chi connectivity index (χ2v) is 7.68. The van der Waals surface area contributed by atoms with E-state index in [9.17, 15) is 9.59 Å². The maximum atomic E-state index is 12.5. The van der Waals surface area contributed by atoms with Crippen LogP contribution >= 0.6 is 39.3 Å². The van der Waals surface area contributed by atoms with Gasteiger partial charge in [-0.2, -0.15) is 0 Å². The van der Waals surface area contributed by atoms with Crippen LogP contribution in [-0.2, 0) is 11.3 Å². The number of carbonyl (C=O) groups is 2. The van der Waals surface area contributed by atoms with Gasteiger partial charge in [0.25, 0.3) is 11.1 Å². The van der Waals surface area contributed by atoms with Crippen LogP contribution in [0.4, 0.5) is 4.79 Å². The Morgan fingerprint density at radius 2 is 1.76 bits per heavy atom. The second kappa shape index (κ2) is 8.04. The Kier molecular flexibility index (Phi) is 5.78. The number of imide groups is 1. The molecule has 1 aliphatic rings. The van der Waals surface area contributed by atoms with Crippen molar-refractivity contribution in [2.24, 2.45) is 0 Å². The molecule has 3 rings (SSSR count). The molecule has 126 valence electrons. The zero-order valence-electron chi connectivity index (χ0n) is 13.0. The number of hydrogen-bond acceptors (Lipinski definition) is 3. The van der Waals surface area contributed by atoms with Crippen LogP contribution in [0.25, 0.3) is 6.08 Å². The predicted octanol–water partition coefficient (Wildman–Crippen LogP) is 5.86. The van der Waals surface area contributed by atoms with Crippen LogP contribution in [0, 0.1) is 0 Å². The Morgan fingerprint density at radius 1 is 1.08 bits per heavy atom. The number of rotatable bonds is 4. The van der Waals surface area contributed by atoms with Crippen molar-refractivity contribution < 1.29 is 9.59 Å². The highest BCUT2D eigenvalue weighted by molar-refractivity contribution is 9.12. The Hall–Kier alpha value is -1.82. The summed E-state index contributed by atoms with van der Waals surface area (Å²) < 4.78 is 0.732. The lowest BCUT2D eigenvalue weighted by Gasteiger charge is -2.12. The number of benzene rings is 2. The van der Waals surface area contributed by atoms with Crippen molar-refractivity contribution >= 4 is 56.5 Å². The van der Waals surface area contributed by atoms with E-state index >= 15 is 0 Å². The summed E-state index contributed by atoms with van der Waals surface area (Å²) in [5.74, 6) is -0.289. The number of nitrogens with zero attached hydrogens (tertiary/aromatic N) is 1. The minimum atomic E-state index is -0.289. The summed E-state index contributed by atoms with van der Waals surface area (Å²) in [6.45, 7) is 0.235. The molecule has 3 nitrogen and oxygen atoms in total. The van der Waals surface area contributed by atoms with Crippen molar-refractivity contribution in [2.75, 3.05) is 0 Å². The number of carbonyl (C=O) groups excluding carboxylic acids is 2. The SMILES string of the molecule is O=C1S/C(=C\C(Br)=C\c2ccccc2)C(=O)N1Cc1ccc(Cl)cc1. The van der Waals surface area contributed by atoms with E-state index in [1.165, 1.54) is 4.90 Å². The van der Waals surface area contributed by atoms with E-state index in [1.807, 2.05) is 36.4 Å². The zero-order valence-corrected chi connectivity index (χ0v) is 16.1. The largest absolute Gasteiger partial charge is 0.293 e. The van der Waals surface area contributed by atoms with Crippen molar-refractivity contribution in [3.63, 3.8) is 0 Å². The minimum Gasteiger partial charge on any atom is -0.268 e. The number of hydrogen-bond donors (Lipinski definition) is 0. The van der Waals surface area contributed by atoms with E-state index in [2.05, 4.69) is 15.9 Å². The average molecular weight is 435 g/mol. The first kappa shape index (κ1) is 18.0. The van der Waals surface area contributed by atoms with Crippen molar-refractivity contribution in [2.45, 2.75) is 6.54 Å². The van der Waals surface area contributed by atoms with Gasteiger partial charge in [-0.15, -0.1) is 0 Å². The van der Waals surface area contributed by atoms with Crippen LogP contribution < -0.4 is 0 Å². The van der Waals surface area contributed by atoms with Crippen LogP contribution in [0.15, 0.2) is 70.1 Å². The van der Waals surface area contributed by atoms with E-state index < -0.39 is 0 Å². The molecule has 1 saturated heterocycles. The molecule has 0 bridgehead atoms. The Bertz CT molecular complexity index is 863. The topological polar surface area (TPSA) is 37.4 Å². The van der Waals surface area contributed by atoms with E-state index in [-0.39, 0.29) is 17.7 Å². The van der Waals surface area contributed by atoms with Gasteiger partial charge in [-0.25, -0.2) is 0 Å². The van der Waals surface area contributed by atoms with Crippen molar-refractivity contribution in [3.8, 4) is 0 Å². The Balaban J connectivity index is 1.76. The second-order valence-electron chi connectivity index (χ2n) is 5.33. The lowest BCUT2D eigenvalue weighted by molar-refractivity contribution is -0.123. The molecule has 0 saturated carbocycles. The molecule has 0 N–H and O–H groups in total. The fourth-order valence-electron chi connectivity index (χ4n) is 2.28. The van der Waals surface area contributed by atoms with E-state index in [1.54, 1.807) is 30.3 Å². The number of thioether (sulfide) groups is 1. The molecule has 2 aromatic rings. The van der Waals surface area contributed by atoms with Gasteiger partial charge >= 0.3 is 0 Å². The van der Waals surface area contributed by atoms with Crippen molar-refractivity contribution in [3.05, 3.63) is 86.2 Å². The maximum Gasteiger partial charge on any atom is 0.293 e. The van der Waals surface area contributed by atoms with E-state index in [0.717, 1.165) is 27.4 Å². The average Bonchev–Trinajstić information content (AvgIpc) is 2.85. The predicted molar refractivity (Wildman–Crippen MR) is 106 cm³/mol. The summed E-state index contributed by atoms with van der Waals surface area (Å²) in [5.41, 5.74) is 1.86. The molecule has 1 heterocycles. The normalized spacial score (nSPS) is 16.8. The molecule has 0 aliphatic carbocycles. The summed E-state index contributed by atoms with van der Waals surface area (Å²) in [6.07, 6.45) is 3.58. The summed E-state index contributed by atoms with van der Waals surface area (Å²) in [6, 6.07) is 16.8. The third kappa shape index (κ3) is 4.63. The van der Waals surface area contributed by atoms with Gasteiger partial charge in [0.2, 0.25) is 0 Å². The summed E-state index contributed by atoms with van der Waals surface area (Å²) in [5, 5.41) is 0.346. The zero-order chi connectivity index (χ0) is 17.8. The molecule has 6 heteroatoms. The first-order chi connectivity index (χ1) is 12.0. The van der Waals surface area contributed by atoms with Gasteiger partial charge in [0.05, 0.1) is 11.4 Å². The molecule has 25 heavy (non-hydrogen) atoms. The molecular formula is C19H13BrClNO2S. The highest BCUT2D eigenvalue weighted by atomic mass is 79.9. The molecule has 2 aromatic carbocycles. The Morgan fingerprint density at radius 3 is 2.44 bits per heavy atom. The highest BCUT2D eigenvalue weighted by Gasteiger charge is 2.34.